The van der Waals surface area contributed by atoms with Gasteiger partial charge in [-0.2, -0.15) is 0 Å². The monoisotopic (exact) mass is 178 g/mol. The van der Waals surface area contributed by atoms with E-state index < -0.39 is 0 Å². The lowest BCUT2D eigenvalue weighted by molar-refractivity contribution is 0.461. The molecule has 1 rings (SSSR count). The van der Waals surface area contributed by atoms with E-state index in [1.54, 1.807) is 12.4 Å². The molecule has 1 aromatic rings. The molecule has 0 fully saturated rings. The van der Waals surface area contributed by atoms with Crippen LogP contribution < -0.4 is 5.73 Å². The predicted molar refractivity (Wildman–Crippen MR) is 55.2 cm³/mol. The maximum atomic E-state index is 6.04. The first kappa shape index (κ1) is 10.2. The Bertz CT molecular complexity index is 233. The summed E-state index contributed by atoms with van der Waals surface area (Å²) in [5, 5.41) is 0. The summed E-state index contributed by atoms with van der Waals surface area (Å²) in [5.74, 6) is 0.697. The van der Waals surface area contributed by atoms with Crippen molar-refractivity contribution in [3.8, 4) is 0 Å². The zero-order valence-corrected chi connectivity index (χ0v) is 8.40. The zero-order chi connectivity index (χ0) is 9.68. The van der Waals surface area contributed by atoms with Crippen molar-refractivity contribution in [3.05, 3.63) is 30.1 Å². The predicted octanol–water partition coefficient (Wildman–Crippen LogP) is 2.52. The van der Waals surface area contributed by atoms with Crippen LogP contribution in [0.15, 0.2) is 24.5 Å². The Morgan fingerprint density at radius 1 is 1.38 bits per heavy atom. The minimum atomic E-state index is 0.165. The third-order valence-corrected chi connectivity index (χ3v) is 2.49. The highest BCUT2D eigenvalue weighted by atomic mass is 14.7. The number of hydrogen-bond donors (Lipinski definition) is 1. The molecular formula is C11H18N2. The Labute approximate surface area is 80.2 Å². The van der Waals surface area contributed by atoms with Crippen LogP contribution in [-0.2, 0) is 0 Å². The van der Waals surface area contributed by atoms with Crippen LogP contribution in [0.4, 0.5) is 0 Å². The molecule has 0 aromatic carbocycles. The second-order valence-corrected chi connectivity index (χ2v) is 3.64. The molecule has 1 heterocycles. The summed E-state index contributed by atoms with van der Waals surface area (Å²) in [6.45, 7) is 4.44. The van der Waals surface area contributed by atoms with Crippen LogP contribution in [0, 0.1) is 5.92 Å². The lowest BCUT2D eigenvalue weighted by Gasteiger charge is -2.15. The Balaban J connectivity index is 2.53. The van der Waals surface area contributed by atoms with E-state index >= 15 is 0 Å². The average Bonchev–Trinajstić information content (AvgIpc) is 2.19. The van der Waals surface area contributed by atoms with Crippen molar-refractivity contribution >= 4 is 0 Å². The van der Waals surface area contributed by atoms with Crippen LogP contribution in [0.5, 0.6) is 0 Å². The SMILES string of the molecule is CCC(C)CC(N)c1ccncc1. The zero-order valence-electron chi connectivity index (χ0n) is 8.40. The fourth-order valence-electron chi connectivity index (χ4n) is 1.35. The smallest absolute Gasteiger partial charge is 0.0298 e. The molecule has 0 saturated heterocycles. The minimum Gasteiger partial charge on any atom is -0.324 e. The summed E-state index contributed by atoms with van der Waals surface area (Å²) in [7, 11) is 0. The second-order valence-electron chi connectivity index (χ2n) is 3.64. The van der Waals surface area contributed by atoms with E-state index in [1.165, 1.54) is 12.0 Å². The van der Waals surface area contributed by atoms with E-state index in [9.17, 15) is 0 Å². The third-order valence-electron chi connectivity index (χ3n) is 2.49. The molecule has 2 heteroatoms. The normalized spacial score (nSPS) is 15.3. The van der Waals surface area contributed by atoms with Crippen molar-refractivity contribution in [2.45, 2.75) is 32.7 Å². The van der Waals surface area contributed by atoms with Gasteiger partial charge in [-0.1, -0.05) is 20.3 Å². The van der Waals surface area contributed by atoms with Crippen LogP contribution in [0.1, 0.15) is 38.3 Å². The van der Waals surface area contributed by atoms with Gasteiger partial charge in [-0.05, 0) is 30.0 Å². The van der Waals surface area contributed by atoms with Crippen LogP contribution in [0.2, 0.25) is 0 Å². The fraction of sp³-hybridized carbons (Fsp3) is 0.545. The highest BCUT2D eigenvalue weighted by Crippen LogP contribution is 2.19. The standard InChI is InChI=1S/C11H18N2/c1-3-9(2)8-11(12)10-4-6-13-7-5-10/h4-7,9,11H,3,8,12H2,1-2H3. The Hall–Kier alpha value is -0.890. The van der Waals surface area contributed by atoms with Crippen LogP contribution in [-0.4, -0.2) is 4.98 Å². The molecule has 72 valence electrons. The quantitative estimate of drug-likeness (QED) is 0.769. The van der Waals surface area contributed by atoms with Crippen LogP contribution in [0.25, 0.3) is 0 Å². The number of rotatable bonds is 4. The number of hydrogen-bond acceptors (Lipinski definition) is 2. The Morgan fingerprint density at radius 3 is 2.54 bits per heavy atom. The van der Waals surface area contributed by atoms with Gasteiger partial charge < -0.3 is 5.73 Å². The summed E-state index contributed by atoms with van der Waals surface area (Å²) in [6, 6.07) is 4.15. The molecule has 0 amide bonds. The fourth-order valence-corrected chi connectivity index (χ4v) is 1.35. The van der Waals surface area contributed by atoms with Gasteiger partial charge >= 0.3 is 0 Å². The van der Waals surface area contributed by atoms with Crippen molar-refractivity contribution in [1.29, 1.82) is 0 Å². The first-order valence-corrected chi connectivity index (χ1v) is 4.89. The first-order valence-electron chi connectivity index (χ1n) is 4.89. The summed E-state index contributed by atoms with van der Waals surface area (Å²) in [6.07, 6.45) is 5.84. The van der Waals surface area contributed by atoms with Gasteiger partial charge in [0.05, 0.1) is 0 Å². The Morgan fingerprint density at radius 2 is 2.00 bits per heavy atom. The maximum absolute atomic E-state index is 6.04. The molecule has 0 spiro atoms. The minimum absolute atomic E-state index is 0.165. The van der Waals surface area contributed by atoms with Gasteiger partial charge in [-0.15, -0.1) is 0 Å². The number of nitrogens with two attached hydrogens (primary N) is 1. The van der Waals surface area contributed by atoms with Gasteiger partial charge in [0, 0.05) is 18.4 Å². The third kappa shape index (κ3) is 3.15. The van der Waals surface area contributed by atoms with E-state index in [0.717, 1.165) is 6.42 Å². The molecule has 2 unspecified atom stereocenters. The number of aromatic nitrogens is 1. The van der Waals surface area contributed by atoms with E-state index in [2.05, 4.69) is 18.8 Å². The summed E-state index contributed by atoms with van der Waals surface area (Å²) in [4.78, 5) is 3.97. The highest BCUT2D eigenvalue weighted by molar-refractivity contribution is 5.14. The van der Waals surface area contributed by atoms with E-state index in [0.29, 0.717) is 5.92 Å². The highest BCUT2D eigenvalue weighted by Gasteiger charge is 2.08. The second kappa shape index (κ2) is 4.97. The van der Waals surface area contributed by atoms with Crippen molar-refractivity contribution in [3.63, 3.8) is 0 Å². The van der Waals surface area contributed by atoms with Gasteiger partial charge in [-0.25, -0.2) is 0 Å². The molecule has 0 aliphatic heterocycles. The van der Waals surface area contributed by atoms with Crippen molar-refractivity contribution in [1.82, 2.24) is 4.98 Å². The van der Waals surface area contributed by atoms with Crippen LogP contribution >= 0.6 is 0 Å². The molecule has 1 aromatic heterocycles. The van der Waals surface area contributed by atoms with Gasteiger partial charge in [0.15, 0.2) is 0 Å². The average molecular weight is 178 g/mol. The molecular weight excluding hydrogens is 160 g/mol. The summed E-state index contributed by atoms with van der Waals surface area (Å²) < 4.78 is 0. The summed E-state index contributed by atoms with van der Waals surface area (Å²) >= 11 is 0. The van der Waals surface area contributed by atoms with Gasteiger partial charge in [-0.3, -0.25) is 4.98 Å². The van der Waals surface area contributed by atoms with E-state index in [4.69, 9.17) is 5.73 Å². The maximum Gasteiger partial charge on any atom is 0.0298 e. The van der Waals surface area contributed by atoms with Gasteiger partial charge in [0.25, 0.3) is 0 Å². The van der Waals surface area contributed by atoms with Crippen molar-refractivity contribution < 1.29 is 0 Å². The van der Waals surface area contributed by atoms with Gasteiger partial charge in [0.1, 0.15) is 0 Å². The topological polar surface area (TPSA) is 38.9 Å². The molecule has 0 aliphatic rings. The Kier molecular flexibility index (Phi) is 3.90. The van der Waals surface area contributed by atoms with Crippen LogP contribution in [0.3, 0.4) is 0 Å². The number of pyridine rings is 1. The molecule has 2 atom stereocenters. The van der Waals surface area contributed by atoms with E-state index in [-0.39, 0.29) is 6.04 Å². The molecule has 2 nitrogen and oxygen atoms in total. The first-order chi connectivity index (χ1) is 6.24. The molecule has 0 saturated carbocycles. The number of nitrogens with zero attached hydrogens (tertiary/aromatic N) is 1. The van der Waals surface area contributed by atoms with Crippen molar-refractivity contribution in [2.24, 2.45) is 11.7 Å². The lowest BCUT2D eigenvalue weighted by atomic mass is 9.96. The van der Waals surface area contributed by atoms with Gasteiger partial charge in [0.2, 0.25) is 0 Å². The molecule has 0 radical (unpaired) electrons. The molecule has 13 heavy (non-hydrogen) atoms. The molecule has 0 bridgehead atoms. The van der Waals surface area contributed by atoms with E-state index in [1.807, 2.05) is 12.1 Å². The van der Waals surface area contributed by atoms with Crippen molar-refractivity contribution in [2.75, 3.05) is 0 Å². The largest absolute Gasteiger partial charge is 0.324 e. The lowest BCUT2D eigenvalue weighted by Crippen LogP contribution is -2.13. The molecule has 2 N–H and O–H groups in total. The summed E-state index contributed by atoms with van der Waals surface area (Å²) in [5.41, 5.74) is 7.23. The molecule has 0 aliphatic carbocycles.